The van der Waals surface area contributed by atoms with Gasteiger partial charge in [0.2, 0.25) is 5.91 Å². The van der Waals surface area contributed by atoms with Gasteiger partial charge < -0.3 is 15.4 Å². The van der Waals surface area contributed by atoms with Crippen LogP contribution >= 0.6 is 23.2 Å². The van der Waals surface area contributed by atoms with Gasteiger partial charge in [-0.1, -0.05) is 36.0 Å². The minimum absolute atomic E-state index is 0.290. The number of benzene rings is 1. The first-order chi connectivity index (χ1) is 14.0. The maximum absolute atomic E-state index is 11.6. The Bertz CT molecular complexity index is 672. The van der Waals surface area contributed by atoms with Crippen molar-refractivity contribution in [2.45, 2.75) is 45.1 Å². The molecule has 0 spiro atoms. The molecular formula is C22H33Cl2N3O2. The Kier molecular flexibility index (Phi) is 8.48. The summed E-state index contributed by atoms with van der Waals surface area (Å²) < 4.78 is 5.59. The third kappa shape index (κ3) is 6.24. The predicted octanol–water partition coefficient (Wildman–Crippen LogP) is 4.20. The summed E-state index contributed by atoms with van der Waals surface area (Å²) in [7, 11) is 0. The molecule has 0 bridgehead atoms. The van der Waals surface area contributed by atoms with E-state index in [0.29, 0.717) is 22.6 Å². The molecule has 1 aromatic carbocycles. The van der Waals surface area contributed by atoms with Crippen molar-refractivity contribution in [3.8, 4) is 0 Å². The van der Waals surface area contributed by atoms with E-state index in [4.69, 9.17) is 33.7 Å². The number of hydrogen-bond acceptors (Lipinski definition) is 4. The summed E-state index contributed by atoms with van der Waals surface area (Å²) >= 11 is 12.2. The summed E-state index contributed by atoms with van der Waals surface area (Å²) in [5.41, 5.74) is 6.67. The number of piperazine rings is 1. The third-order valence-electron chi connectivity index (χ3n) is 6.44. The molecule has 2 aliphatic rings. The number of hydrogen-bond donors (Lipinski definition) is 1. The highest BCUT2D eigenvalue weighted by Crippen LogP contribution is 2.34. The van der Waals surface area contributed by atoms with Crippen LogP contribution in [0, 0.1) is 11.8 Å². The number of rotatable bonds is 8. The molecule has 1 saturated heterocycles. The van der Waals surface area contributed by atoms with Gasteiger partial charge in [0.05, 0.1) is 10.0 Å². The van der Waals surface area contributed by atoms with Crippen LogP contribution in [0.25, 0.3) is 0 Å². The maximum Gasteiger partial charge on any atom is 0.246 e. The van der Waals surface area contributed by atoms with Crippen LogP contribution in [-0.2, 0) is 9.53 Å². The number of anilines is 1. The number of ether oxygens (including phenoxy) is 1. The van der Waals surface area contributed by atoms with E-state index in [1.54, 1.807) is 0 Å². The van der Waals surface area contributed by atoms with Crippen molar-refractivity contribution in [1.82, 2.24) is 4.90 Å². The van der Waals surface area contributed by atoms with Gasteiger partial charge in [0, 0.05) is 38.5 Å². The molecule has 1 aromatic rings. The van der Waals surface area contributed by atoms with Gasteiger partial charge in [-0.05, 0) is 62.8 Å². The quantitative estimate of drug-likeness (QED) is 0.656. The van der Waals surface area contributed by atoms with Gasteiger partial charge in [-0.2, -0.15) is 0 Å². The molecular weight excluding hydrogens is 409 g/mol. The minimum Gasteiger partial charge on any atom is -0.369 e. The van der Waals surface area contributed by atoms with Crippen LogP contribution in [0.5, 0.6) is 0 Å². The van der Waals surface area contributed by atoms with E-state index in [2.05, 4.69) is 9.80 Å². The molecule has 1 atom stereocenters. The molecule has 7 heteroatoms. The number of nitrogens with two attached hydrogens (primary N) is 1. The number of nitrogens with zero attached hydrogens (tertiary/aromatic N) is 2. The Morgan fingerprint density at radius 1 is 1.14 bits per heavy atom. The van der Waals surface area contributed by atoms with E-state index in [1.807, 2.05) is 25.1 Å². The summed E-state index contributed by atoms with van der Waals surface area (Å²) in [5, 5.41) is 1.22. The van der Waals surface area contributed by atoms with Gasteiger partial charge in [-0.3, -0.25) is 9.69 Å². The zero-order chi connectivity index (χ0) is 20.8. The fourth-order valence-electron chi connectivity index (χ4n) is 4.69. The second kappa shape index (κ2) is 10.9. The minimum atomic E-state index is -0.407. The van der Waals surface area contributed by atoms with Crippen molar-refractivity contribution < 1.29 is 9.53 Å². The Morgan fingerprint density at radius 2 is 1.83 bits per heavy atom. The summed E-state index contributed by atoms with van der Waals surface area (Å²) in [5.74, 6) is 0.725. The normalized spacial score (nSPS) is 24.4. The SMILES string of the molecule is CCOC(C(N)=O)C1CCC(CCN2CCN(c3ccc(Cl)c(Cl)c3)CC2)CC1. The van der Waals surface area contributed by atoms with Gasteiger partial charge in [0.1, 0.15) is 6.10 Å². The Labute approximate surface area is 184 Å². The Hall–Kier alpha value is -1.01. The fraction of sp³-hybridized carbons (Fsp3) is 0.682. The van der Waals surface area contributed by atoms with Crippen molar-refractivity contribution in [2.24, 2.45) is 17.6 Å². The second-order valence-corrected chi connectivity index (χ2v) is 9.09. The first kappa shape index (κ1) is 22.7. The van der Waals surface area contributed by atoms with E-state index in [-0.39, 0.29) is 5.91 Å². The highest BCUT2D eigenvalue weighted by Gasteiger charge is 2.31. The molecule has 1 saturated carbocycles. The molecule has 1 heterocycles. The lowest BCUT2D eigenvalue weighted by atomic mass is 9.78. The van der Waals surface area contributed by atoms with E-state index < -0.39 is 6.10 Å². The third-order valence-corrected chi connectivity index (χ3v) is 7.18. The molecule has 0 radical (unpaired) electrons. The van der Waals surface area contributed by atoms with Crippen molar-refractivity contribution in [2.75, 3.05) is 44.2 Å². The lowest BCUT2D eigenvalue weighted by Crippen LogP contribution is -2.47. The van der Waals surface area contributed by atoms with Crippen molar-refractivity contribution >= 4 is 34.8 Å². The number of halogens is 2. The molecule has 5 nitrogen and oxygen atoms in total. The van der Waals surface area contributed by atoms with Gasteiger partial charge in [-0.15, -0.1) is 0 Å². The molecule has 29 heavy (non-hydrogen) atoms. The van der Waals surface area contributed by atoms with Crippen LogP contribution < -0.4 is 10.6 Å². The Balaban J connectivity index is 1.38. The van der Waals surface area contributed by atoms with Crippen LogP contribution in [0.15, 0.2) is 18.2 Å². The number of carbonyl (C=O) groups excluding carboxylic acids is 1. The molecule has 1 aliphatic carbocycles. The molecule has 2 N–H and O–H groups in total. The van der Waals surface area contributed by atoms with Gasteiger partial charge in [-0.25, -0.2) is 0 Å². The lowest BCUT2D eigenvalue weighted by Gasteiger charge is -2.37. The van der Waals surface area contributed by atoms with E-state index in [0.717, 1.165) is 57.2 Å². The second-order valence-electron chi connectivity index (χ2n) is 8.27. The van der Waals surface area contributed by atoms with Crippen LogP contribution in [0.2, 0.25) is 10.0 Å². The Morgan fingerprint density at radius 3 is 2.41 bits per heavy atom. The summed E-state index contributed by atoms with van der Waals surface area (Å²) in [6, 6.07) is 5.87. The largest absolute Gasteiger partial charge is 0.369 e. The first-order valence-electron chi connectivity index (χ1n) is 10.8. The van der Waals surface area contributed by atoms with Crippen LogP contribution in [-0.4, -0.2) is 56.2 Å². The van der Waals surface area contributed by atoms with E-state index in [9.17, 15) is 4.79 Å². The van der Waals surface area contributed by atoms with E-state index in [1.165, 1.54) is 19.3 Å². The molecule has 3 rings (SSSR count). The number of carbonyl (C=O) groups is 1. The van der Waals surface area contributed by atoms with Crippen molar-refractivity contribution in [3.05, 3.63) is 28.2 Å². The van der Waals surface area contributed by atoms with Gasteiger partial charge >= 0.3 is 0 Å². The maximum atomic E-state index is 11.6. The molecule has 1 unspecified atom stereocenters. The first-order valence-corrected chi connectivity index (χ1v) is 11.6. The van der Waals surface area contributed by atoms with Gasteiger partial charge in [0.15, 0.2) is 0 Å². The van der Waals surface area contributed by atoms with E-state index >= 15 is 0 Å². The van der Waals surface area contributed by atoms with Crippen molar-refractivity contribution in [3.63, 3.8) is 0 Å². The average Bonchev–Trinajstić information content (AvgIpc) is 2.73. The molecule has 162 valence electrons. The fourth-order valence-corrected chi connectivity index (χ4v) is 4.98. The molecule has 1 amide bonds. The zero-order valence-corrected chi connectivity index (χ0v) is 18.8. The van der Waals surface area contributed by atoms with Crippen LogP contribution in [0.3, 0.4) is 0 Å². The highest BCUT2D eigenvalue weighted by molar-refractivity contribution is 6.42. The zero-order valence-electron chi connectivity index (χ0n) is 17.3. The lowest BCUT2D eigenvalue weighted by molar-refractivity contribution is -0.134. The summed E-state index contributed by atoms with van der Waals surface area (Å²) in [4.78, 5) is 16.6. The van der Waals surface area contributed by atoms with Crippen molar-refractivity contribution in [1.29, 1.82) is 0 Å². The highest BCUT2D eigenvalue weighted by atomic mass is 35.5. The predicted molar refractivity (Wildman–Crippen MR) is 120 cm³/mol. The smallest absolute Gasteiger partial charge is 0.246 e. The monoisotopic (exact) mass is 441 g/mol. The molecule has 1 aliphatic heterocycles. The topological polar surface area (TPSA) is 58.8 Å². The number of primary amides is 1. The molecule has 0 aromatic heterocycles. The summed E-state index contributed by atoms with van der Waals surface area (Å²) in [6.07, 6.45) is 5.26. The number of amides is 1. The average molecular weight is 442 g/mol. The standard InChI is InChI=1S/C22H33Cl2N3O2/c1-2-29-21(22(25)28)17-5-3-16(4-6-17)9-10-26-11-13-27(14-12-26)18-7-8-19(23)20(24)15-18/h7-8,15-17,21H,2-6,9-14H2,1H3,(H2,25,28). The van der Waals surface area contributed by atoms with Crippen LogP contribution in [0.1, 0.15) is 39.0 Å². The molecule has 2 fully saturated rings. The van der Waals surface area contributed by atoms with Crippen LogP contribution in [0.4, 0.5) is 5.69 Å². The van der Waals surface area contributed by atoms with Gasteiger partial charge in [0.25, 0.3) is 0 Å². The summed E-state index contributed by atoms with van der Waals surface area (Å²) in [6.45, 7) is 7.78.